The van der Waals surface area contributed by atoms with E-state index < -0.39 is 15.1 Å². The van der Waals surface area contributed by atoms with Crippen LogP contribution in [0.5, 0.6) is 0 Å². The first kappa shape index (κ1) is 19.9. The van der Waals surface area contributed by atoms with Crippen molar-refractivity contribution < 1.29 is 18.0 Å². The molecular formula is C18H20N2O4S3. The Hall–Kier alpha value is -1.84. The molecule has 2 atom stereocenters. The maximum absolute atomic E-state index is 12.8. The maximum Gasteiger partial charge on any atom is 0.237 e. The first-order valence-corrected chi connectivity index (χ1v) is 11.7. The van der Waals surface area contributed by atoms with Crippen LogP contribution in [0.15, 0.2) is 45.5 Å². The van der Waals surface area contributed by atoms with Crippen molar-refractivity contribution in [2.24, 2.45) is 0 Å². The predicted octanol–water partition coefficient (Wildman–Crippen LogP) is 3.05. The van der Waals surface area contributed by atoms with Gasteiger partial charge >= 0.3 is 0 Å². The lowest BCUT2D eigenvalue weighted by atomic mass is 10.3. The van der Waals surface area contributed by atoms with Gasteiger partial charge in [-0.15, -0.1) is 23.1 Å². The van der Waals surface area contributed by atoms with Gasteiger partial charge in [-0.2, -0.15) is 0 Å². The summed E-state index contributed by atoms with van der Waals surface area (Å²) in [5.41, 5.74) is 0.499. The average molecular weight is 425 g/mol. The number of hydrogen-bond donors (Lipinski definition) is 2. The van der Waals surface area contributed by atoms with Crippen molar-refractivity contribution in [3.05, 3.63) is 40.6 Å². The highest BCUT2D eigenvalue weighted by molar-refractivity contribution is 8.01. The molecule has 1 aromatic carbocycles. The van der Waals surface area contributed by atoms with E-state index in [4.69, 9.17) is 0 Å². The number of anilines is 1. The van der Waals surface area contributed by atoms with Crippen molar-refractivity contribution in [3.63, 3.8) is 0 Å². The summed E-state index contributed by atoms with van der Waals surface area (Å²) in [6.07, 6.45) is -0.122. The highest BCUT2D eigenvalue weighted by Gasteiger charge is 2.29. The Morgan fingerprint density at radius 3 is 2.81 bits per heavy atom. The van der Waals surface area contributed by atoms with Crippen molar-refractivity contribution >= 4 is 50.4 Å². The van der Waals surface area contributed by atoms with E-state index in [1.165, 1.54) is 42.2 Å². The molecule has 144 valence electrons. The molecule has 0 fully saturated rings. The largest absolute Gasteiger partial charge is 0.351 e. The Labute approximate surface area is 166 Å². The molecule has 0 spiro atoms. The van der Waals surface area contributed by atoms with Gasteiger partial charge in [0, 0.05) is 16.2 Å². The highest BCUT2D eigenvalue weighted by atomic mass is 32.2. The third-order valence-electron chi connectivity index (χ3n) is 4.25. The van der Waals surface area contributed by atoms with E-state index in [1.54, 1.807) is 13.0 Å². The lowest BCUT2D eigenvalue weighted by Gasteiger charge is -2.22. The van der Waals surface area contributed by atoms with Gasteiger partial charge in [0.25, 0.3) is 0 Å². The highest BCUT2D eigenvalue weighted by Crippen LogP contribution is 2.37. The van der Waals surface area contributed by atoms with Gasteiger partial charge in [0.2, 0.25) is 11.8 Å². The van der Waals surface area contributed by atoms with Gasteiger partial charge in [0.05, 0.1) is 27.6 Å². The van der Waals surface area contributed by atoms with E-state index in [1.807, 2.05) is 17.5 Å². The van der Waals surface area contributed by atoms with Crippen molar-refractivity contribution in [2.75, 3.05) is 5.32 Å². The second-order valence-electron chi connectivity index (χ2n) is 6.32. The third-order valence-corrected chi connectivity index (χ3v) is 8.44. The van der Waals surface area contributed by atoms with Crippen molar-refractivity contribution in [2.45, 2.75) is 47.1 Å². The van der Waals surface area contributed by atoms with E-state index in [0.29, 0.717) is 12.2 Å². The number of amides is 2. The Morgan fingerprint density at radius 1 is 1.33 bits per heavy atom. The van der Waals surface area contributed by atoms with Crippen molar-refractivity contribution in [3.8, 4) is 0 Å². The van der Waals surface area contributed by atoms with Gasteiger partial charge in [0.15, 0.2) is 9.84 Å². The molecule has 0 radical (unpaired) electrons. The fraction of sp³-hybridized carbons (Fsp3) is 0.333. The number of thiophene rings is 1. The number of hydrogen-bond acceptors (Lipinski definition) is 6. The zero-order valence-electron chi connectivity index (χ0n) is 14.9. The van der Waals surface area contributed by atoms with Gasteiger partial charge in [-0.1, -0.05) is 6.07 Å². The molecule has 2 aromatic rings. The summed E-state index contributed by atoms with van der Waals surface area (Å²) >= 11 is 2.92. The van der Waals surface area contributed by atoms with Crippen molar-refractivity contribution in [1.82, 2.24) is 5.32 Å². The third kappa shape index (κ3) is 4.53. The predicted molar refractivity (Wildman–Crippen MR) is 108 cm³/mol. The fourth-order valence-electron chi connectivity index (χ4n) is 2.64. The summed E-state index contributed by atoms with van der Waals surface area (Å²) in [5, 5.41) is 6.31. The van der Waals surface area contributed by atoms with Crippen LogP contribution in [0.1, 0.15) is 25.1 Å². The van der Waals surface area contributed by atoms with Crippen LogP contribution in [0.2, 0.25) is 0 Å². The molecule has 0 saturated carbocycles. The standard InChI is InChI=1S/C18H20N2O4S3/c1-11(8-17(21)19-10-13-4-3-7-25-13)27(23,24)14-5-6-16-15(9-14)20-18(22)12(2)26-16/h3-7,9,11-12H,8,10H2,1-2H3,(H,19,21)(H,20,22)/t11-,12-/m0/s1. The maximum atomic E-state index is 12.8. The number of rotatable bonds is 6. The summed E-state index contributed by atoms with van der Waals surface area (Å²) < 4.78 is 25.7. The van der Waals surface area contributed by atoms with Gasteiger partial charge in [-0.3, -0.25) is 9.59 Å². The van der Waals surface area contributed by atoms with Crippen molar-refractivity contribution in [1.29, 1.82) is 0 Å². The Balaban J connectivity index is 1.69. The van der Waals surface area contributed by atoms with Gasteiger partial charge in [-0.25, -0.2) is 8.42 Å². The molecule has 0 aliphatic carbocycles. The van der Waals surface area contributed by atoms with Crippen LogP contribution in [-0.4, -0.2) is 30.7 Å². The Morgan fingerprint density at radius 2 is 2.11 bits per heavy atom. The number of carbonyl (C=O) groups excluding carboxylic acids is 2. The smallest absolute Gasteiger partial charge is 0.237 e. The molecule has 1 aliphatic rings. The number of thioether (sulfide) groups is 1. The van der Waals surface area contributed by atoms with Gasteiger partial charge in [-0.05, 0) is 43.5 Å². The number of fused-ring (bicyclic) bond motifs is 1. The minimum Gasteiger partial charge on any atom is -0.351 e. The molecule has 27 heavy (non-hydrogen) atoms. The Bertz CT molecular complexity index is 955. The monoisotopic (exact) mass is 424 g/mol. The van der Waals surface area contributed by atoms with Crippen LogP contribution in [0.3, 0.4) is 0 Å². The van der Waals surface area contributed by atoms with Crippen LogP contribution >= 0.6 is 23.1 Å². The summed E-state index contributed by atoms with van der Waals surface area (Å²) in [7, 11) is -3.69. The van der Waals surface area contributed by atoms with Crippen LogP contribution in [0.25, 0.3) is 0 Å². The number of carbonyl (C=O) groups is 2. The normalized spacial score (nSPS) is 17.7. The summed E-state index contributed by atoms with van der Waals surface area (Å²) in [6.45, 7) is 3.71. The molecule has 1 aliphatic heterocycles. The van der Waals surface area contributed by atoms with E-state index in [-0.39, 0.29) is 28.4 Å². The Kier molecular flexibility index (Phi) is 5.92. The zero-order valence-corrected chi connectivity index (χ0v) is 17.3. The second-order valence-corrected chi connectivity index (χ2v) is 11.1. The van der Waals surface area contributed by atoms with Crippen LogP contribution in [-0.2, 0) is 26.0 Å². The lowest BCUT2D eigenvalue weighted by molar-refractivity contribution is -0.121. The summed E-state index contributed by atoms with van der Waals surface area (Å²) in [5.74, 6) is -0.460. The van der Waals surface area contributed by atoms with Gasteiger partial charge in [0.1, 0.15) is 0 Å². The van der Waals surface area contributed by atoms with Gasteiger partial charge < -0.3 is 10.6 Å². The van der Waals surface area contributed by atoms with E-state index >= 15 is 0 Å². The van der Waals surface area contributed by atoms with Crippen LogP contribution in [0, 0.1) is 0 Å². The van der Waals surface area contributed by atoms with E-state index in [0.717, 1.165) is 9.77 Å². The minimum absolute atomic E-state index is 0.107. The van der Waals surface area contributed by atoms with Crippen LogP contribution in [0.4, 0.5) is 5.69 Å². The fourth-order valence-corrected chi connectivity index (χ4v) is 5.59. The van der Waals surface area contributed by atoms with E-state index in [2.05, 4.69) is 10.6 Å². The molecule has 1 aromatic heterocycles. The first-order valence-electron chi connectivity index (χ1n) is 8.42. The van der Waals surface area contributed by atoms with Crippen LogP contribution < -0.4 is 10.6 Å². The molecular weight excluding hydrogens is 404 g/mol. The average Bonchev–Trinajstić information content (AvgIpc) is 3.14. The minimum atomic E-state index is -3.69. The SMILES string of the molecule is C[C@@H]1Sc2ccc(S(=O)(=O)[C@@H](C)CC(=O)NCc3cccs3)cc2NC1=O. The molecule has 0 unspecified atom stereocenters. The number of sulfone groups is 1. The second kappa shape index (κ2) is 8.04. The van der Waals surface area contributed by atoms with E-state index in [9.17, 15) is 18.0 Å². The number of benzene rings is 1. The molecule has 0 saturated heterocycles. The molecule has 3 rings (SSSR count). The summed E-state index contributed by atoms with van der Waals surface area (Å²) in [6, 6.07) is 8.51. The summed E-state index contributed by atoms with van der Waals surface area (Å²) in [4.78, 5) is 25.9. The molecule has 2 amide bonds. The molecule has 9 heteroatoms. The zero-order chi connectivity index (χ0) is 19.6. The molecule has 2 N–H and O–H groups in total. The molecule has 2 heterocycles. The molecule has 6 nitrogen and oxygen atoms in total. The topological polar surface area (TPSA) is 92.3 Å². The first-order chi connectivity index (χ1) is 12.8. The number of nitrogens with one attached hydrogen (secondary N) is 2. The molecule has 0 bridgehead atoms. The lowest BCUT2D eigenvalue weighted by Crippen LogP contribution is -2.30. The quantitative estimate of drug-likeness (QED) is 0.744.